The molecule has 0 aliphatic carbocycles. The Morgan fingerprint density at radius 1 is 1.16 bits per heavy atom. The summed E-state index contributed by atoms with van der Waals surface area (Å²) in [5.74, 6) is -0.111. The van der Waals surface area contributed by atoms with Gasteiger partial charge in [-0.1, -0.05) is 35.9 Å². The van der Waals surface area contributed by atoms with Crippen molar-refractivity contribution in [3.8, 4) is 5.75 Å². The van der Waals surface area contributed by atoms with Gasteiger partial charge in [0.05, 0.1) is 17.0 Å². The van der Waals surface area contributed by atoms with Gasteiger partial charge in [-0.2, -0.15) is 0 Å². The fraction of sp³-hybridized carbons (Fsp3) is 0.130. The third-order valence-electron chi connectivity index (χ3n) is 4.89. The van der Waals surface area contributed by atoms with Crippen LogP contribution in [0.4, 0.5) is 5.69 Å². The number of amides is 2. The highest BCUT2D eigenvalue weighted by Gasteiger charge is 2.24. The average Bonchev–Trinajstić information content (AvgIpc) is 3.44. The molecule has 31 heavy (non-hydrogen) atoms. The van der Waals surface area contributed by atoms with Crippen LogP contribution in [0, 0.1) is 0 Å². The van der Waals surface area contributed by atoms with Crippen molar-refractivity contribution < 1.29 is 14.3 Å². The summed E-state index contributed by atoms with van der Waals surface area (Å²) in [5.41, 5.74) is 2.43. The number of halogens is 1. The molecule has 4 aromatic rings. The van der Waals surface area contributed by atoms with Gasteiger partial charge >= 0.3 is 0 Å². The molecule has 2 aromatic heterocycles. The Morgan fingerprint density at radius 3 is 2.74 bits per heavy atom. The Hall–Kier alpha value is -3.29. The summed E-state index contributed by atoms with van der Waals surface area (Å²) >= 11 is 7.50. The summed E-state index contributed by atoms with van der Waals surface area (Å²) in [5, 5.41) is 8.93. The van der Waals surface area contributed by atoms with E-state index in [1.807, 2.05) is 35.8 Å². The minimum Gasteiger partial charge on any atom is -0.495 e. The van der Waals surface area contributed by atoms with E-state index < -0.39 is 6.04 Å². The highest BCUT2D eigenvalue weighted by molar-refractivity contribution is 7.12. The number of para-hydroxylation sites is 1. The molecule has 2 aromatic carbocycles. The van der Waals surface area contributed by atoms with Crippen molar-refractivity contribution in [3.63, 3.8) is 0 Å². The number of aromatic amines is 1. The molecule has 0 aliphatic rings. The number of carbonyl (C=O) groups excluding carboxylic acids is 2. The summed E-state index contributed by atoms with van der Waals surface area (Å²) in [4.78, 5) is 29.6. The lowest BCUT2D eigenvalue weighted by atomic mass is 10.0. The van der Waals surface area contributed by atoms with Crippen molar-refractivity contribution in [1.82, 2.24) is 10.3 Å². The number of thiophene rings is 1. The molecule has 6 nitrogen and oxygen atoms in total. The molecule has 0 spiro atoms. The average molecular weight is 454 g/mol. The van der Waals surface area contributed by atoms with E-state index in [1.165, 1.54) is 18.4 Å². The monoisotopic (exact) mass is 453 g/mol. The minimum atomic E-state index is -0.783. The van der Waals surface area contributed by atoms with Gasteiger partial charge in [0.1, 0.15) is 11.8 Å². The van der Waals surface area contributed by atoms with E-state index in [0.717, 1.165) is 16.5 Å². The number of anilines is 1. The number of hydrogen-bond acceptors (Lipinski definition) is 4. The third kappa shape index (κ3) is 4.73. The predicted molar refractivity (Wildman–Crippen MR) is 124 cm³/mol. The lowest BCUT2D eigenvalue weighted by molar-refractivity contribution is -0.118. The molecule has 0 fully saturated rings. The molecule has 0 bridgehead atoms. The highest BCUT2D eigenvalue weighted by Crippen LogP contribution is 2.27. The number of aromatic nitrogens is 1. The first kappa shape index (κ1) is 21.0. The first-order valence-corrected chi connectivity index (χ1v) is 10.8. The Kier molecular flexibility index (Phi) is 6.25. The Bertz CT molecular complexity index is 1220. The van der Waals surface area contributed by atoms with E-state index in [9.17, 15) is 9.59 Å². The Labute approximate surface area is 188 Å². The van der Waals surface area contributed by atoms with Crippen molar-refractivity contribution in [2.75, 3.05) is 12.4 Å². The van der Waals surface area contributed by atoms with E-state index in [4.69, 9.17) is 16.3 Å². The van der Waals surface area contributed by atoms with E-state index >= 15 is 0 Å². The summed E-state index contributed by atoms with van der Waals surface area (Å²) < 4.78 is 5.15. The largest absolute Gasteiger partial charge is 0.495 e. The van der Waals surface area contributed by atoms with Crippen LogP contribution < -0.4 is 15.4 Å². The Morgan fingerprint density at radius 2 is 2.00 bits per heavy atom. The molecule has 1 atom stereocenters. The summed E-state index contributed by atoms with van der Waals surface area (Å²) in [7, 11) is 1.52. The minimum absolute atomic E-state index is 0.289. The van der Waals surface area contributed by atoms with E-state index in [1.54, 1.807) is 30.3 Å². The molecule has 3 N–H and O–H groups in total. The van der Waals surface area contributed by atoms with Crippen LogP contribution in [-0.2, 0) is 11.2 Å². The number of fused-ring (bicyclic) bond motifs is 1. The van der Waals surface area contributed by atoms with E-state index in [2.05, 4.69) is 15.6 Å². The maximum atomic E-state index is 13.1. The van der Waals surface area contributed by atoms with Crippen molar-refractivity contribution in [3.05, 3.63) is 81.6 Å². The standard InChI is InChI=1S/C23H20ClN3O3S/c1-30-20-9-8-15(12-17(20)24)26-22(28)19(27-23(29)21-7-4-10-31-21)11-14-13-25-18-6-3-2-5-16(14)18/h2-10,12-13,19,25H,11H2,1H3,(H,26,28)(H,27,29)/t19-/m1/s1. The van der Waals surface area contributed by atoms with Gasteiger partial charge in [-0.25, -0.2) is 0 Å². The second-order valence-corrected chi connectivity index (χ2v) is 8.26. The molecule has 0 aliphatic heterocycles. The third-order valence-corrected chi connectivity index (χ3v) is 6.05. The van der Waals surface area contributed by atoms with Gasteiger partial charge in [-0.05, 0) is 41.3 Å². The maximum Gasteiger partial charge on any atom is 0.262 e. The van der Waals surface area contributed by atoms with Gasteiger partial charge in [0.25, 0.3) is 5.91 Å². The van der Waals surface area contributed by atoms with Gasteiger partial charge < -0.3 is 20.4 Å². The lowest BCUT2D eigenvalue weighted by Crippen LogP contribution is -2.45. The molecular formula is C23H20ClN3O3S. The first-order valence-electron chi connectivity index (χ1n) is 9.59. The second kappa shape index (κ2) is 9.24. The highest BCUT2D eigenvalue weighted by atomic mass is 35.5. The summed E-state index contributed by atoms with van der Waals surface area (Å²) in [6, 6.07) is 15.6. The van der Waals surface area contributed by atoms with Crippen LogP contribution >= 0.6 is 22.9 Å². The molecule has 0 saturated heterocycles. The van der Waals surface area contributed by atoms with E-state index in [0.29, 0.717) is 27.8 Å². The first-order chi connectivity index (χ1) is 15.0. The van der Waals surface area contributed by atoms with Crippen LogP contribution in [0.2, 0.25) is 5.02 Å². The van der Waals surface area contributed by atoms with Crippen LogP contribution in [0.1, 0.15) is 15.2 Å². The molecule has 0 saturated carbocycles. The number of benzene rings is 2. The lowest BCUT2D eigenvalue weighted by Gasteiger charge is -2.18. The fourth-order valence-electron chi connectivity index (χ4n) is 3.34. The number of ether oxygens (including phenoxy) is 1. The zero-order valence-electron chi connectivity index (χ0n) is 16.6. The zero-order chi connectivity index (χ0) is 21.8. The van der Waals surface area contributed by atoms with Crippen molar-refractivity contribution in [2.45, 2.75) is 12.5 Å². The molecule has 158 valence electrons. The van der Waals surface area contributed by atoms with E-state index in [-0.39, 0.29) is 11.8 Å². The smallest absolute Gasteiger partial charge is 0.262 e. The molecule has 4 rings (SSSR count). The van der Waals surface area contributed by atoms with Gasteiger partial charge in [-0.3, -0.25) is 9.59 Å². The second-order valence-electron chi connectivity index (χ2n) is 6.91. The molecule has 2 amide bonds. The van der Waals surface area contributed by atoms with Gasteiger partial charge in [0.15, 0.2) is 0 Å². The maximum absolute atomic E-state index is 13.1. The topological polar surface area (TPSA) is 83.2 Å². The van der Waals surface area contributed by atoms with Crippen LogP contribution in [0.5, 0.6) is 5.75 Å². The number of nitrogens with one attached hydrogen (secondary N) is 3. The SMILES string of the molecule is COc1ccc(NC(=O)[C@@H](Cc2c[nH]c3ccccc23)NC(=O)c2cccs2)cc1Cl. The Balaban J connectivity index is 1.58. The normalized spacial score (nSPS) is 11.8. The van der Waals surface area contributed by atoms with Crippen molar-refractivity contribution in [2.24, 2.45) is 0 Å². The summed E-state index contributed by atoms with van der Waals surface area (Å²) in [6.07, 6.45) is 2.20. The van der Waals surface area contributed by atoms with Crippen LogP contribution in [0.25, 0.3) is 10.9 Å². The quantitative estimate of drug-likeness (QED) is 0.373. The number of methoxy groups -OCH3 is 1. The van der Waals surface area contributed by atoms with Gasteiger partial charge in [0.2, 0.25) is 5.91 Å². The molecule has 0 radical (unpaired) electrons. The summed E-state index contributed by atoms with van der Waals surface area (Å²) in [6.45, 7) is 0. The number of H-pyrrole nitrogens is 1. The van der Waals surface area contributed by atoms with Gasteiger partial charge in [-0.15, -0.1) is 11.3 Å². The number of carbonyl (C=O) groups is 2. The zero-order valence-corrected chi connectivity index (χ0v) is 18.2. The van der Waals surface area contributed by atoms with Gasteiger partial charge in [0, 0.05) is 29.2 Å². The fourth-order valence-corrected chi connectivity index (χ4v) is 4.22. The van der Waals surface area contributed by atoms with Crippen LogP contribution in [-0.4, -0.2) is 29.9 Å². The number of rotatable bonds is 7. The van der Waals surface area contributed by atoms with Crippen molar-refractivity contribution in [1.29, 1.82) is 0 Å². The predicted octanol–water partition coefficient (Wildman–Crippen LogP) is 4.87. The molecule has 2 heterocycles. The number of hydrogen-bond donors (Lipinski definition) is 3. The van der Waals surface area contributed by atoms with Crippen LogP contribution in [0.15, 0.2) is 66.2 Å². The molecule has 8 heteroatoms. The molecule has 0 unspecified atom stereocenters. The van der Waals surface area contributed by atoms with Crippen LogP contribution in [0.3, 0.4) is 0 Å². The van der Waals surface area contributed by atoms with Crippen molar-refractivity contribution >= 4 is 51.3 Å². The molecular weight excluding hydrogens is 434 g/mol.